The first kappa shape index (κ1) is 6.91. The second-order valence-electron chi connectivity index (χ2n) is 2.43. The molecule has 0 amide bonds. The van der Waals surface area contributed by atoms with Crippen molar-refractivity contribution in [3.8, 4) is 0 Å². The molecule has 0 unspecified atom stereocenters. The number of furan rings is 1. The van der Waals surface area contributed by atoms with Crippen LogP contribution in [0.4, 0.5) is 0 Å². The number of benzene rings is 1. The standard InChI is InChI=1S/C9H6O3/c10-9(11)7-5-12-8-4-2-1-3-6(7)8/h1-5H,(H,10,11)/p-1. The summed E-state index contributed by atoms with van der Waals surface area (Å²) in [5, 5.41) is 11.1. The number of fused-ring (bicyclic) bond motifs is 1. The van der Waals surface area contributed by atoms with Gasteiger partial charge in [-0.2, -0.15) is 0 Å². The minimum absolute atomic E-state index is 0.102. The number of carboxylic acid groups (broad SMARTS) is 1. The van der Waals surface area contributed by atoms with Crippen LogP contribution in [0.2, 0.25) is 0 Å². The fourth-order valence-electron chi connectivity index (χ4n) is 1.14. The quantitative estimate of drug-likeness (QED) is 0.621. The lowest BCUT2D eigenvalue weighted by Gasteiger charge is -1.95. The van der Waals surface area contributed by atoms with Gasteiger partial charge in [0.1, 0.15) is 11.8 Å². The average molecular weight is 161 g/mol. The summed E-state index contributed by atoms with van der Waals surface area (Å²) >= 11 is 0. The molecule has 0 atom stereocenters. The summed E-state index contributed by atoms with van der Waals surface area (Å²) in [7, 11) is 0. The molecule has 1 aromatic carbocycles. The summed E-state index contributed by atoms with van der Waals surface area (Å²) in [5.41, 5.74) is 0.669. The number of aromatic carboxylic acids is 1. The molecule has 1 heterocycles. The zero-order valence-corrected chi connectivity index (χ0v) is 6.11. The fourth-order valence-corrected chi connectivity index (χ4v) is 1.14. The molecule has 0 N–H and O–H groups in total. The van der Waals surface area contributed by atoms with Crippen LogP contribution < -0.4 is 5.11 Å². The Morgan fingerprint density at radius 2 is 2.08 bits per heavy atom. The summed E-state index contributed by atoms with van der Waals surface area (Å²) in [6.45, 7) is 0. The van der Waals surface area contributed by atoms with Crippen LogP contribution in [0.1, 0.15) is 10.4 Å². The Morgan fingerprint density at radius 3 is 2.83 bits per heavy atom. The van der Waals surface area contributed by atoms with Gasteiger partial charge in [-0.25, -0.2) is 0 Å². The molecule has 0 saturated carbocycles. The van der Waals surface area contributed by atoms with Crippen LogP contribution in [-0.2, 0) is 0 Å². The van der Waals surface area contributed by atoms with E-state index < -0.39 is 5.97 Å². The van der Waals surface area contributed by atoms with E-state index in [-0.39, 0.29) is 5.56 Å². The Hall–Kier alpha value is -1.77. The largest absolute Gasteiger partial charge is 0.545 e. The molecule has 3 heteroatoms. The Labute approximate surface area is 68.2 Å². The fraction of sp³-hybridized carbons (Fsp3) is 0. The number of hydrogen-bond donors (Lipinski definition) is 0. The van der Waals surface area contributed by atoms with Crippen LogP contribution in [0.5, 0.6) is 0 Å². The second kappa shape index (κ2) is 2.37. The number of carbonyl (C=O) groups is 1. The highest BCUT2D eigenvalue weighted by atomic mass is 16.4. The molecule has 0 fully saturated rings. The second-order valence-corrected chi connectivity index (χ2v) is 2.43. The van der Waals surface area contributed by atoms with Gasteiger partial charge in [0, 0.05) is 10.9 Å². The van der Waals surface area contributed by atoms with Crippen LogP contribution in [-0.4, -0.2) is 5.97 Å². The number of para-hydroxylation sites is 1. The summed E-state index contributed by atoms with van der Waals surface area (Å²) in [5.74, 6) is -1.21. The minimum Gasteiger partial charge on any atom is -0.545 e. The van der Waals surface area contributed by atoms with E-state index in [1.54, 1.807) is 24.3 Å². The average Bonchev–Trinajstić information content (AvgIpc) is 2.47. The number of rotatable bonds is 1. The Kier molecular flexibility index (Phi) is 1.37. The van der Waals surface area contributed by atoms with Gasteiger partial charge in [0.05, 0.1) is 5.97 Å². The van der Waals surface area contributed by atoms with Crippen molar-refractivity contribution in [3.05, 3.63) is 36.1 Å². The van der Waals surface area contributed by atoms with Crippen molar-refractivity contribution in [2.24, 2.45) is 0 Å². The van der Waals surface area contributed by atoms with Gasteiger partial charge >= 0.3 is 0 Å². The Morgan fingerprint density at radius 1 is 1.33 bits per heavy atom. The van der Waals surface area contributed by atoms with Crippen molar-refractivity contribution in [1.82, 2.24) is 0 Å². The maximum Gasteiger partial charge on any atom is 0.134 e. The zero-order chi connectivity index (χ0) is 8.55. The molecule has 0 aliphatic rings. The molecule has 3 nitrogen and oxygen atoms in total. The van der Waals surface area contributed by atoms with Crippen molar-refractivity contribution < 1.29 is 14.3 Å². The SMILES string of the molecule is O=C([O-])c1coc2ccccc12. The van der Waals surface area contributed by atoms with Crippen molar-refractivity contribution in [2.75, 3.05) is 0 Å². The molecule has 1 aromatic heterocycles. The van der Waals surface area contributed by atoms with Crippen LogP contribution in [0, 0.1) is 0 Å². The summed E-state index contributed by atoms with van der Waals surface area (Å²) < 4.78 is 4.99. The van der Waals surface area contributed by atoms with Crippen molar-refractivity contribution in [3.63, 3.8) is 0 Å². The number of hydrogen-bond acceptors (Lipinski definition) is 3. The van der Waals surface area contributed by atoms with E-state index in [1.165, 1.54) is 6.26 Å². The van der Waals surface area contributed by atoms with Crippen LogP contribution in [0.25, 0.3) is 11.0 Å². The lowest BCUT2D eigenvalue weighted by atomic mass is 10.2. The normalized spacial score (nSPS) is 10.3. The maximum atomic E-state index is 10.5. The monoisotopic (exact) mass is 161 g/mol. The lowest BCUT2D eigenvalue weighted by Crippen LogP contribution is -2.21. The molecule has 60 valence electrons. The maximum absolute atomic E-state index is 10.5. The van der Waals surface area contributed by atoms with Crippen molar-refractivity contribution in [2.45, 2.75) is 0 Å². The first-order valence-corrected chi connectivity index (χ1v) is 3.46. The zero-order valence-electron chi connectivity index (χ0n) is 6.11. The van der Waals surface area contributed by atoms with E-state index in [4.69, 9.17) is 4.42 Å². The van der Waals surface area contributed by atoms with E-state index in [2.05, 4.69) is 0 Å². The van der Waals surface area contributed by atoms with Gasteiger partial charge in [-0.3, -0.25) is 0 Å². The van der Waals surface area contributed by atoms with Crippen LogP contribution >= 0.6 is 0 Å². The Balaban J connectivity index is 2.79. The van der Waals surface area contributed by atoms with Gasteiger partial charge in [-0.15, -0.1) is 0 Å². The molecule has 2 rings (SSSR count). The summed E-state index contributed by atoms with van der Waals surface area (Å²) in [6, 6.07) is 6.93. The van der Waals surface area contributed by atoms with Gasteiger partial charge in [0.15, 0.2) is 0 Å². The predicted molar refractivity (Wildman–Crippen MR) is 40.5 cm³/mol. The molecule has 0 aliphatic heterocycles. The summed E-state index contributed by atoms with van der Waals surface area (Å²) in [4.78, 5) is 10.5. The molecular weight excluding hydrogens is 156 g/mol. The molecule has 2 aromatic rings. The van der Waals surface area contributed by atoms with Crippen molar-refractivity contribution in [1.29, 1.82) is 0 Å². The third-order valence-electron chi connectivity index (χ3n) is 1.70. The van der Waals surface area contributed by atoms with Gasteiger partial charge in [-0.1, -0.05) is 18.2 Å². The first-order valence-electron chi connectivity index (χ1n) is 3.46. The van der Waals surface area contributed by atoms with Crippen molar-refractivity contribution >= 4 is 16.9 Å². The smallest absolute Gasteiger partial charge is 0.134 e. The number of carboxylic acids is 1. The van der Waals surface area contributed by atoms with E-state index in [9.17, 15) is 9.90 Å². The topological polar surface area (TPSA) is 53.3 Å². The van der Waals surface area contributed by atoms with Gasteiger partial charge in [0.25, 0.3) is 0 Å². The van der Waals surface area contributed by atoms with E-state index in [1.807, 2.05) is 0 Å². The predicted octanol–water partition coefficient (Wildman–Crippen LogP) is 0.796. The number of carbonyl (C=O) groups excluding carboxylic acids is 1. The van der Waals surface area contributed by atoms with Crippen LogP contribution in [0.3, 0.4) is 0 Å². The first-order chi connectivity index (χ1) is 5.79. The highest BCUT2D eigenvalue weighted by Gasteiger charge is 2.03. The van der Waals surface area contributed by atoms with E-state index in [0.717, 1.165) is 0 Å². The van der Waals surface area contributed by atoms with Gasteiger partial charge < -0.3 is 14.3 Å². The lowest BCUT2D eigenvalue weighted by molar-refractivity contribution is -0.254. The summed E-state index contributed by atoms with van der Waals surface area (Å²) in [6.07, 6.45) is 1.19. The van der Waals surface area contributed by atoms with Gasteiger partial charge in [0.2, 0.25) is 0 Å². The highest BCUT2D eigenvalue weighted by molar-refractivity contribution is 6.01. The molecular formula is C9H5O3-. The third kappa shape index (κ3) is 0.871. The Bertz CT molecular complexity index is 428. The molecule has 0 radical (unpaired) electrons. The molecule has 0 aliphatic carbocycles. The third-order valence-corrected chi connectivity index (χ3v) is 1.70. The molecule has 12 heavy (non-hydrogen) atoms. The minimum atomic E-state index is -1.21. The molecule has 0 spiro atoms. The van der Waals surface area contributed by atoms with Gasteiger partial charge in [-0.05, 0) is 6.07 Å². The van der Waals surface area contributed by atoms with E-state index in [0.29, 0.717) is 11.0 Å². The molecule has 0 saturated heterocycles. The van der Waals surface area contributed by atoms with Crippen LogP contribution in [0.15, 0.2) is 34.9 Å². The molecule has 0 bridgehead atoms. The van der Waals surface area contributed by atoms with E-state index >= 15 is 0 Å². The highest BCUT2D eigenvalue weighted by Crippen LogP contribution is 2.19.